The van der Waals surface area contributed by atoms with Crippen LogP contribution in [0.1, 0.15) is 19.3 Å². The lowest BCUT2D eigenvalue weighted by atomic mass is 10.1. The molecule has 1 aliphatic heterocycles. The van der Waals surface area contributed by atoms with Crippen LogP contribution >= 0.6 is 11.8 Å². The minimum atomic E-state index is -0.892. The van der Waals surface area contributed by atoms with Gasteiger partial charge in [-0.15, -0.1) is 11.8 Å². The van der Waals surface area contributed by atoms with E-state index in [2.05, 4.69) is 0 Å². The SMILES string of the molecule is O=C(O)CC1CCCN1C(=O)CSc1ccccc1F. The quantitative estimate of drug-likeness (QED) is 0.848. The molecule has 1 N–H and O–H groups in total. The zero-order valence-electron chi connectivity index (χ0n) is 10.9. The van der Waals surface area contributed by atoms with Crippen LogP contribution in [0.3, 0.4) is 0 Å². The van der Waals surface area contributed by atoms with Gasteiger partial charge in [0.25, 0.3) is 0 Å². The molecule has 2 rings (SSSR count). The highest BCUT2D eigenvalue weighted by Crippen LogP contribution is 2.25. The Morgan fingerprint density at radius 1 is 1.40 bits per heavy atom. The van der Waals surface area contributed by atoms with Gasteiger partial charge in [0.05, 0.1) is 12.2 Å². The number of hydrogen-bond acceptors (Lipinski definition) is 3. The van der Waals surface area contributed by atoms with Crippen LogP contribution in [0.25, 0.3) is 0 Å². The van der Waals surface area contributed by atoms with Gasteiger partial charge in [0, 0.05) is 17.5 Å². The number of amides is 1. The van der Waals surface area contributed by atoms with E-state index in [0.717, 1.165) is 24.6 Å². The molecule has 0 spiro atoms. The first kappa shape index (κ1) is 14.8. The van der Waals surface area contributed by atoms with Crippen molar-refractivity contribution < 1.29 is 19.1 Å². The highest BCUT2D eigenvalue weighted by molar-refractivity contribution is 8.00. The van der Waals surface area contributed by atoms with E-state index in [4.69, 9.17) is 5.11 Å². The first-order chi connectivity index (χ1) is 9.58. The molecular formula is C14H16FNO3S. The number of carboxylic acids is 1. The number of carbonyl (C=O) groups is 2. The van der Waals surface area contributed by atoms with E-state index in [0.29, 0.717) is 11.4 Å². The number of hydrogen-bond donors (Lipinski definition) is 1. The molecule has 1 saturated heterocycles. The Balaban J connectivity index is 1.91. The minimum Gasteiger partial charge on any atom is -0.481 e. The fraction of sp³-hybridized carbons (Fsp3) is 0.429. The molecule has 1 aromatic carbocycles. The summed E-state index contributed by atoms with van der Waals surface area (Å²) in [7, 11) is 0. The summed E-state index contributed by atoms with van der Waals surface area (Å²) in [5.74, 6) is -1.22. The Morgan fingerprint density at radius 2 is 2.15 bits per heavy atom. The monoisotopic (exact) mass is 297 g/mol. The van der Waals surface area contributed by atoms with Crippen molar-refractivity contribution in [3.05, 3.63) is 30.1 Å². The molecule has 0 radical (unpaired) electrons. The van der Waals surface area contributed by atoms with Gasteiger partial charge < -0.3 is 10.0 Å². The first-order valence-corrected chi connectivity index (χ1v) is 7.45. The summed E-state index contributed by atoms with van der Waals surface area (Å²) in [6.45, 7) is 0.592. The molecule has 0 aromatic heterocycles. The molecule has 6 heteroatoms. The summed E-state index contributed by atoms with van der Waals surface area (Å²) in [5, 5.41) is 8.82. The maximum atomic E-state index is 13.4. The van der Waals surface area contributed by atoms with Gasteiger partial charge in [-0.25, -0.2) is 4.39 Å². The van der Waals surface area contributed by atoms with Crippen LogP contribution in [0.4, 0.5) is 4.39 Å². The molecule has 1 amide bonds. The van der Waals surface area contributed by atoms with Crippen molar-refractivity contribution in [1.29, 1.82) is 0 Å². The van der Waals surface area contributed by atoms with E-state index in [-0.39, 0.29) is 29.9 Å². The summed E-state index contributed by atoms with van der Waals surface area (Å²) in [4.78, 5) is 24.9. The standard InChI is InChI=1S/C14H16FNO3S/c15-11-5-1-2-6-12(11)20-9-13(17)16-7-3-4-10(16)8-14(18)19/h1-2,5-6,10H,3-4,7-9H2,(H,18,19). The Labute approximate surface area is 121 Å². The van der Waals surface area contributed by atoms with Gasteiger partial charge in [-0.2, -0.15) is 0 Å². The number of likely N-dealkylation sites (tertiary alicyclic amines) is 1. The minimum absolute atomic E-state index is 0.0178. The normalized spacial score (nSPS) is 18.2. The van der Waals surface area contributed by atoms with Crippen LogP contribution in [0, 0.1) is 5.82 Å². The van der Waals surface area contributed by atoms with Crippen molar-refractivity contribution in [2.45, 2.75) is 30.2 Å². The van der Waals surface area contributed by atoms with Crippen LogP contribution in [0.2, 0.25) is 0 Å². The maximum absolute atomic E-state index is 13.4. The molecular weight excluding hydrogens is 281 g/mol. The van der Waals surface area contributed by atoms with E-state index in [9.17, 15) is 14.0 Å². The molecule has 1 aliphatic rings. The Kier molecular flexibility index (Phi) is 5.00. The van der Waals surface area contributed by atoms with Crippen LogP contribution < -0.4 is 0 Å². The van der Waals surface area contributed by atoms with Crippen LogP contribution in [0.15, 0.2) is 29.2 Å². The Morgan fingerprint density at radius 3 is 2.85 bits per heavy atom. The summed E-state index contributed by atoms with van der Waals surface area (Å²) in [6.07, 6.45) is 1.53. The van der Waals surface area contributed by atoms with Crippen molar-refractivity contribution >= 4 is 23.6 Å². The summed E-state index contributed by atoms with van der Waals surface area (Å²) in [5.41, 5.74) is 0. The average Bonchev–Trinajstić information content (AvgIpc) is 2.85. The predicted octanol–water partition coefficient (Wildman–Crippen LogP) is 2.38. The molecule has 1 heterocycles. The van der Waals surface area contributed by atoms with Crippen LogP contribution in [-0.4, -0.2) is 40.2 Å². The fourth-order valence-electron chi connectivity index (χ4n) is 2.36. The summed E-state index contributed by atoms with van der Waals surface area (Å²) < 4.78 is 13.4. The zero-order valence-corrected chi connectivity index (χ0v) is 11.7. The third-order valence-corrected chi connectivity index (χ3v) is 4.33. The van der Waals surface area contributed by atoms with Crippen molar-refractivity contribution in [3.8, 4) is 0 Å². The molecule has 4 nitrogen and oxygen atoms in total. The molecule has 20 heavy (non-hydrogen) atoms. The second kappa shape index (κ2) is 6.74. The lowest BCUT2D eigenvalue weighted by Crippen LogP contribution is -2.37. The van der Waals surface area contributed by atoms with Crippen LogP contribution in [-0.2, 0) is 9.59 Å². The second-order valence-electron chi connectivity index (χ2n) is 4.70. The third kappa shape index (κ3) is 3.72. The van der Waals surface area contributed by atoms with E-state index < -0.39 is 5.97 Å². The molecule has 108 valence electrons. The number of carboxylic acid groups (broad SMARTS) is 1. The van der Waals surface area contributed by atoms with Crippen molar-refractivity contribution in [1.82, 2.24) is 4.90 Å². The number of thioether (sulfide) groups is 1. The zero-order chi connectivity index (χ0) is 14.5. The summed E-state index contributed by atoms with van der Waals surface area (Å²) in [6, 6.07) is 6.09. The number of aliphatic carboxylic acids is 1. The van der Waals surface area contributed by atoms with Gasteiger partial charge in [0.1, 0.15) is 5.82 Å². The number of halogens is 1. The van der Waals surface area contributed by atoms with Gasteiger partial charge in [-0.3, -0.25) is 9.59 Å². The van der Waals surface area contributed by atoms with E-state index in [1.807, 2.05) is 0 Å². The van der Waals surface area contributed by atoms with Crippen molar-refractivity contribution in [2.24, 2.45) is 0 Å². The molecule has 0 saturated carbocycles. The smallest absolute Gasteiger partial charge is 0.305 e. The van der Waals surface area contributed by atoms with E-state index in [1.165, 1.54) is 6.07 Å². The van der Waals surface area contributed by atoms with E-state index in [1.54, 1.807) is 23.1 Å². The number of carbonyl (C=O) groups excluding carboxylic acids is 1. The summed E-state index contributed by atoms with van der Waals surface area (Å²) >= 11 is 1.15. The van der Waals surface area contributed by atoms with Crippen molar-refractivity contribution in [2.75, 3.05) is 12.3 Å². The highest BCUT2D eigenvalue weighted by Gasteiger charge is 2.30. The number of benzene rings is 1. The molecule has 1 aromatic rings. The average molecular weight is 297 g/mol. The van der Waals surface area contributed by atoms with Crippen LogP contribution in [0.5, 0.6) is 0 Å². The topological polar surface area (TPSA) is 57.6 Å². The number of nitrogens with zero attached hydrogens (tertiary/aromatic N) is 1. The third-order valence-electron chi connectivity index (χ3n) is 3.30. The highest BCUT2D eigenvalue weighted by atomic mass is 32.2. The van der Waals surface area contributed by atoms with Gasteiger partial charge in [0.15, 0.2) is 0 Å². The fourth-order valence-corrected chi connectivity index (χ4v) is 3.19. The molecule has 1 atom stereocenters. The Bertz CT molecular complexity index is 509. The van der Waals surface area contributed by atoms with E-state index >= 15 is 0 Å². The van der Waals surface area contributed by atoms with Crippen molar-refractivity contribution in [3.63, 3.8) is 0 Å². The molecule has 0 bridgehead atoms. The predicted molar refractivity (Wildman–Crippen MR) is 74.1 cm³/mol. The van der Waals surface area contributed by atoms with Gasteiger partial charge in [-0.05, 0) is 25.0 Å². The largest absolute Gasteiger partial charge is 0.481 e. The molecule has 1 fully saturated rings. The molecule has 1 unspecified atom stereocenters. The molecule has 0 aliphatic carbocycles. The van der Waals surface area contributed by atoms with Gasteiger partial charge >= 0.3 is 5.97 Å². The first-order valence-electron chi connectivity index (χ1n) is 6.46. The van der Waals surface area contributed by atoms with Gasteiger partial charge in [0.2, 0.25) is 5.91 Å². The maximum Gasteiger partial charge on any atom is 0.305 e. The Hall–Kier alpha value is -1.56. The lowest BCUT2D eigenvalue weighted by molar-refractivity contribution is -0.139. The number of rotatable bonds is 5. The lowest BCUT2D eigenvalue weighted by Gasteiger charge is -2.23. The second-order valence-corrected chi connectivity index (χ2v) is 5.72. The van der Waals surface area contributed by atoms with Gasteiger partial charge in [-0.1, -0.05) is 12.1 Å².